The topological polar surface area (TPSA) is 33.6 Å². The summed E-state index contributed by atoms with van der Waals surface area (Å²) in [5.74, 6) is 0.505. The summed E-state index contributed by atoms with van der Waals surface area (Å²) in [6.45, 7) is 7.35. The van der Waals surface area contributed by atoms with Gasteiger partial charge in [-0.1, -0.05) is 25.9 Å². The summed E-state index contributed by atoms with van der Waals surface area (Å²) in [6, 6.07) is 0. The van der Waals surface area contributed by atoms with Crippen molar-refractivity contribution < 1.29 is 4.84 Å². The standard InChI is InChI=1S/C10H20N2O/c1-5-10(7-11-4)6-9(8(2)3)12-13-10/h8,11H,5-7H2,1-4H3/t10-/m0/s1. The molecule has 3 nitrogen and oxygen atoms in total. The van der Waals surface area contributed by atoms with Crippen LogP contribution in [0, 0.1) is 5.92 Å². The smallest absolute Gasteiger partial charge is 0.155 e. The summed E-state index contributed by atoms with van der Waals surface area (Å²) >= 11 is 0. The van der Waals surface area contributed by atoms with Gasteiger partial charge in [-0.3, -0.25) is 0 Å². The van der Waals surface area contributed by atoms with Crippen LogP contribution in [0.4, 0.5) is 0 Å². The molecule has 1 heterocycles. The van der Waals surface area contributed by atoms with Crippen LogP contribution in [-0.4, -0.2) is 24.9 Å². The molecule has 76 valence electrons. The third-order valence-corrected chi connectivity index (χ3v) is 2.67. The van der Waals surface area contributed by atoms with Crippen molar-refractivity contribution >= 4 is 5.71 Å². The normalized spacial score (nSPS) is 27.6. The maximum Gasteiger partial charge on any atom is 0.155 e. The summed E-state index contributed by atoms with van der Waals surface area (Å²) in [4.78, 5) is 5.53. The van der Waals surface area contributed by atoms with Crippen LogP contribution in [0.1, 0.15) is 33.6 Å². The van der Waals surface area contributed by atoms with Gasteiger partial charge in [-0.2, -0.15) is 0 Å². The first-order valence-corrected chi connectivity index (χ1v) is 5.03. The molecule has 13 heavy (non-hydrogen) atoms. The summed E-state index contributed by atoms with van der Waals surface area (Å²) in [7, 11) is 1.95. The lowest BCUT2D eigenvalue weighted by molar-refractivity contribution is -0.0191. The van der Waals surface area contributed by atoms with Crippen LogP contribution in [-0.2, 0) is 4.84 Å². The zero-order valence-corrected chi connectivity index (χ0v) is 9.05. The Balaban J connectivity index is 2.58. The monoisotopic (exact) mass is 184 g/mol. The summed E-state index contributed by atoms with van der Waals surface area (Å²) in [5.41, 5.74) is 1.12. The molecule has 1 N–H and O–H groups in total. The maximum atomic E-state index is 5.53. The first-order chi connectivity index (χ1) is 6.13. The van der Waals surface area contributed by atoms with Gasteiger partial charge in [0.2, 0.25) is 0 Å². The van der Waals surface area contributed by atoms with Crippen molar-refractivity contribution in [1.82, 2.24) is 5.32 Å². The fraction of sp³-hybridized carbons (Fsp3) is 0.900. The number of nitrogens with one attached hydrogen (secondary N) is 1. The second kappa shape index (κ2) is 4.09. The van der Waals surface area contributed by atoms with Gasteiger partial charge >= 0.3 is 0 Å². The summed E-state index contributed by atoms with van der Waals surface area (Å²) < 4.78 is 0. The van der Waals surface area contributed by atoms with E-state index in [4.69, 9.17) is 4.84 Å². The van der Waals surface area contributed by atoms with Gasteiger partial charge in [-0.05, 0) is 19.4 Å². The van der Waals surface area contributed by atoms with E-state index in [1.165, 1.54) is 5.71 Å². The Hall–Kier alpha value is -0.570. The highest BCUT2D eigenvalue weighted by molar-refractivity contribution is 5.87. The lowest BCUT2D eigenvalue weighted by atomic mass is 9.90. The molecule has 0 radical (unpaired) electrons. The minimum absolute atomic E-state index is 0.0750. The number of likely N-dealkylation sites (N-methyl/N-ethyl adjacent to an activating group) is 1. The quantitative estimate of drug-likeness (QED) is 0.722. The van der Waals surface area contributed by atoms with Crippen molar-refractivity contribution in [3.8, 4) is 0 Å². The van der Waals surface area contributed by atoms with Gasteiger partial charge in [0, 0.05) is 13.0 Å². The molecule has 0 fully saturated rings. The summed E-state index contributed by atoms with van der Waals surface area (Å²) in [6.07, 6.45) is 1.98. The van der Waals surface area contributed by atoms with Crippen molar-refractivity contribution in [3.63, 3.8) is 0 Å². The Morgan fingerprint density at radius 3 is 2.69 bits per heavy atom. The Morgan fingerprint density at radius 1 is 1.62 bits per heavy atom. The first-order valence-electron chi connectivity index (χ1n) is 5.03. The lowest BCUT2D eigenvalue weighted by Crippen LogP contribution is -2.39. The van der Waals surface area contributed by atoms with Gasteiger partial charge in [0.1, 0.15) is 0 Å². The van der Waals surface area contributed by atoms with E-state index in [2.05, 4.69) is 31.2 Å². The average Bonchev–Trinajstić information content (AvgIpc) is 2.51. The second-order valence-electron chi connectivity index (χ2n) is 4.07. The number of hydrogen-bond donors (Lipinski definition) is 1. The number of nitrogens with zero attached hydrogens (tertiary/aromatic N) is 1. The molecule has 1 rings (SSSR count). The number of rotatable bonds is 4. The molecule has 0 aromatic heterocycles. The average molecular weight is 184 g/mol. The van der Waals surface area contributed by atoms with Crippen LogP contribution >= 0.6 is 0 Å². The highest BCUT2D eigenvalue weighted by atomic mass is 16.7. The van der Waals surface area contributed by atoms with E-state index in [0.717, 1.165) is 19.4 Å². The molecule has 0 aromatic rings. The number of hydrogen-bond acceptors (Lipinski definition) is 3. The zero-order chi connectivity index (χ0) is 9.90. The van der Waals surface area contributed by atoms with Crippen LogP contribution in [0.3, 0.4) is 0 Å². The molecule has 0 saturated heterocycles. The van der Waals surface area contributed by atoms with E-state index in [1.807, 2.05) is 7.05 Å². The first kappa shape index (κ1) is 10.5. The predicted octanol–water partition coefficient (Wildman–Crippen LogP) is 1.79. The minimum Gasteiger partial charge on any atom is -0.388 e. The van der Waals surface area contributed by atoms with Gasteiger partial charge in [0.15, 0.2) is 5.60 Å². The Kier molecular flexibility index (Phi) is 3.31. The van der Waals surface area contributed by atoms with Gasteiger partial charge in [-0.25, -0.2) is 0 Å². The third-order valence-electron chi connectivity index (χ3n) is 2.67. The largest absolute Gasteiger partial charge is 0.388 e. The van der Waals surface area contributed by atoms with Crippen LogP contribution in [0.15, 0.2) is 5.16 Å². The molecular weight excluding hydrogens is 164 g/mol. The fourth-order valence-corrected chi connectivity index (χ4v) is 1.59. The van der Waals surface area contributed by atoms with E-state index in [-0.39, 0.29) is 5.60 Å². The molecule has 1 aliphatic rings. The van der Waals surface area contributed by atoms with Gasteiger partial charge in [0.05, 0.1) is 5.71 Å². The minimum atomic E-state index is -0.0750. The van der Waals surface area contributed by atoms with E-state index in [0.29, 0.717) is 5.92 Å². The van der Waals surface area contributed by atoms with E-state index >= 15 is 0 Å². The predicted molar refractivity (Wildman–Crippen MR) is 54.9 cm³/mol. The van der Waals surface area contributed by atoms with E-state index in [1.54, 1.807) is 0 Å². The van der Waals surface area contributed by atoms with Gasteiger partial charge in [-0.15, -0.1) is 0 Å². The fourth-order valence-electron chi connectivity index (χ4n) is 1.59. The molecule has 0 bridgehead atoms. The molecule has 1 atom stereocenters. The lowest BCUT2D eigenvalue weighted by Gasteiger charge is -2.24. The van der Waals surface area contributed by atoms with Crippen molar-refractivity contribution in [1.29, 1.82) is 0 Å². The van der Waals surface area contributed by atoms with Gasteiger partial charge in [0.25, 0.3) is 0 Å². The molecule has 0 unspecified atom stereocenters. The second-order valence-corrected chi connectivity index (χ2v) is 4.07. The zero-order valence-electron chi connectivity index (χ0n) is 9.05. The molecule has 3 heteroatoms. The maximum absolute atomic E-state index is 5.53. The molecule has 0 aromatic carbocycles. The molecule has 0 amide bonds. The van der Waals surface area contributed by atoms with Crippen LogP contribution < -0.4 is 5.32 Å². The Morgan fingerprint density at radius 2 is 2.31 bits per heavy atom. The Bertz CT molecular complexity index is 201. The van der Waals surface area contributed by atoms with Crippen LogP contribution in [0.25, 0.3) is 0 Å². The molecular formula is C10H20N2O. The highest BCUT2D eigenvalue weighted by Gasteiger charge is 2.37. The third kappa shape index (κ3) is 2.21. The summed E-state index contributed by atoms with van der Waals surface area (Å²) in [5, 5.41) is 7.32. The van der Waals surface area contributed by atoms with Crippen molar-refractivity contribution in [3.05, 3.63) is 0 Å². The molecule has 1 aliphatic heterocycles. The molecule has 0 aliphatic carbocycles. The number of oxime groups is 1. The van der Waals surface area contributed by atoms with Crippen molar-refractivity contribution in [2.45, 2.75) is 39.2 Å². The SMILES string of the molecule is CC[C@@]1(CNC)CC(C(C)C)=NO1. The van der Waals surface area contributed by atoms with Crippen LogP contribution in [0.5, 0.6) is 0 Å². The molecule has 0 spiro atoms. The van der Waals surface area contributed by atoms with Crippen LogP contribution in [0.2, 0.25) is 0 Å². The van der Waals surface area contributed by atoms with Crippen molar-refractivity contribution in [2.75, 3.05) is 13.6 Å². The van der Waals surface area contributed by atoms with E-state index in [9.17, 15) is 0 Å². The Labute approximate surface area is 80.5 Å². The van der Waals surface area contributed by atoms with Crippen molar-refractivity contribution in [2.24, 2.45) is 11.1 Å². The highest BCUT2D eigenvalue weighted by Crippen LogP contribution is 2.29. The molecule has 0 saturated carbocycles. The van der Waals surface area contributed by atoms with E-state index < -0.39 is 0 Å². The van der Waals surface area contributed by atoms with Gasteiger partial charge < -0.3 is 10.2 Å².